The van der Waals surface area contributed by atoms with Gasteiger partial charge in [-0.1, -0.05) is 12.1 Å². The van der Waals surface area contributed by atoms with E-state index in [1.54, 1.807) is 19.9 Å². The van der Waals surface area contributed by atoms with Gasteiger partial charge in [0.05, 0.1) is 13.2 Å². The Hall–Kier alpha value is -3.40. The van der Waals surface area contributed by atoms with Crippen LogP contribution in [0.25, 0.3) is 10.9 Å². The minimum Gasteiger partial charge on any atom is -0.465 e. The van der Waals surface area contributed by atoms with Gasteiger partial charge in [-0.05, 0) is 50.2 Å². The Morgan fingerprint density at radius 1 is 1.03 bits per heavy atom. The van der Waals surface area contributed by atoms with Gasteiger partial charge < -0.3 is 14.0 Å². The number of rotatable bonds is 8. The van der Waals surface area contributed by atoms with Crippen LogP contribution < -0.4 is 4.72 Å². The lowest BCUT2D eigenvalue weighted by molar-refractivity contribution is -0.143. The van der Waals surface area contributed by atoms with Crippen LogP contribution in [0, 0.1) is 5.82 Å². The summed E-state index contributed by atoms with van der Waals surface area (Å²) in [6.07, 6.45) is 0. The van der Waals surface area contributed by atoms with Gasteiger partial charge in [-0.3, -0.25) is 9.52 Å². The summed E-state index contributed by atoms with van der Waals surface area (Å²) in [5.41, 5.74) is 0.795. The molecule has 0 atom stereocenters. The highest BCUT2D eigenvalue weighted by Crippen LogP contribution is 2.26. The number of carbonyl (C=O) groups is 2. The highest BCUT2D eigenvalue weighted by atomic mass is 32.2. The Morgan fingerprint density at radius 2 is 1.74 bits per heavy atom. The third-order valence-electron chi connectivity index (χ3n) is 4.36. The SMILES string of the molecule is CCOC(=O)Cn1c(C(=O)OCC)cc2cc(NS(=O)(=O)c3ccccc3F)ccc21. The minimum atomic E-state index is -4.16. The molecule has 8 nitrogen and oxygen atoms in total. The van der Waals surface area contributed by atoms with Crippen molar-refractivity contribution < 1.29 is 31.9 Å². The number of esters is 2. The lowest BCUT2D eigenvalue weighted by Gasteiger charge is -2.11. The number of fused-ring (bicyclic) bond motifs is 1. The van der Waals surface area contributed by atoms with Gasteiger partial charge in [0.15, 0.2) is 0 Å². The molecule has 0 aliphatic carbocycles. The van der Waals surface area contributed by atoms with E-state index in [1.807, 2.05) is 0 Å². The number of anilines is 1. The van der Waals surface area contributed by atoms with Gasteiger partial charge in [-0.25, -0.2) is 17.6 Å². The van der Waals surface area contributed by atoms with E-state index in [-0.39, 0.29) is 31.1 Å². The number of nitrogens with one attached hydrogen (secondary N) is 1. The van der Waals surface area contributed by atoms with E-state index in [2.05, 4.69) is 4.72 Å². The fourth-order valence-electron chi connectivity index (χ4n) is 3.09. The molecule has 0 saturated carbocycles. The third-order valence-corrected chi connectivity index (χ3v) is 5.77. The van der Waals surface area contributed by atoms with Gasteiger partial charge in [-0.15, -0.1) is 0 Å². The summed E-state index contributed by atoms with van der Waals surface area (Å²) >= 11 is 0. The van der Waals surface area contributed by atoms with E-state index >= 15 is 0 Å². The van der Waals surface area contributed by atoms with E-state index in [9.17, 15) is 22.4 Å². The number of benzene rings is 2. The molecular weight excluding hydrogens is 427 g/mol. The lowest BCUT2D eigenvalue weighted by Crippen LogP contribution is -2.18. The number of hydrogen-bond donors (Lipinski definition) is 1. The normalized spacial score (nSPS) is 11.3. The summed E-state index contributed by atoms with van der Waals surface area (Å²) in [6.45, 7) is 3.45. The van der Waals surface area contributed by atoms with Crippen LogP contribution in [-0.4, -0.2) is 38.1 Å². The zero-order valence-corrected chi connectivity index (χ0v) is 17.7. The van der Waals surface area contributed by atoms with Gasteiger partial charge in [0.25, 0.3) is 10.0 Å². The summed E-state index contributed by atoms with van der Waals surface area (Å²) in [6, 6.07) is 11.0. The van der Waals surface area contributed by atoms with Gasteiger partial charge in [0.2, 0.25) is 0 Å². The quantitative estimate of drug-likeness (QED) is 0.530. The van der Waals surface area contributed by atoms with E-state index in [1.165, 1.54) is 34.9 Å². The second-order valence-corrected chi connectivity index (χ2v) is 8.10. The highest BCUT2D eigenvalue weighted by Gasteiger charge is 2.21. The summed E-state index contributed by atoms with van der Waals surface area (Å²) in [5.74, 6) is -2.03. The van der Waals surface area contributed by atoms with Crippen LogP contribution in [0.1, 0.15) is 24.3 Å². The summed E-state index contributed by atoms with van der Waals surface area (Å²) < 4.78 is 52.8. The largest absolute Gasteiger partial charge is 0.465 e. The van der Waals surface area contributed by atoms with Crippen molar-refractivity contribution in [1.29, 1.82) is 0 Å². The molecule has 0 radical (unpaired) electrons. The number of halogens is 1. The fraction of sp³-hybridized carbons (Fsp3) is 0.238. The average Bonchev–Trinajstić information content (AvgIpc) is 3.06. The van der Waals surface area contributed by atoms with Gasteiger partial charge in [0.1, 0.15) is 23.0 Å². The van der Waals surface area contributed by atoms with Crippen LogP contribution in [-0.2, 0) is 30.8 Å². The molecule has 0 aliphatic rings. The Balaban J connectivity index is 2.01. The first-order valence-corrected chi connectivity index (χ1v) is 11.0. The topological polar surface area (TPSA) is 104 Å². The van der Waals surface area contributed by atoms with Gasteiger partial charge in [-0.2, -0.15) is 0 Å². The summed E-state index contributed by atoms with van der Waals surface area (Å²) in [5, 5.41) is 0.487. The van der Waals surface area contributed by atoms with Crippen LogP contribution >= 0.6 is 0 Å². The Morgan fingerprint density at radius 3 is 2.42 bits per heavy atom. The molecule has 10 heteroatoms. The Bertz CT molecular complexity index is 1240. The zero-order chi connectivity index (χ0) is 22.6. The maximum Gasteiger partial charge on any atom is 0.354 e. The van der Waals surface area contributed by atoms with Crippen LogP contribution in [0.15, 0.2) is 53.4 Å². The molecule has 164 valence electrons. The van der Waals surface area contributed by atoms with Crippen molar-refractivity contribution in [2.75, 3.05) is 17.9 Å². The summed E-state index contributed by atoms with van der Waals surface area (Å²) in [7, 11) is -4.16. The van der Waals surface area contributed by atoms with Crippen molar-refractivity contribution in [1.82, 2.24) is 4.57 Å². The van der Waals surface area contributed by atoms with Crippen molar-refractivity contribution in [2.45, 2.75) is 25.3 Å². The molecule has 3 aromatic rings. The zero-order valence-electron chi connectivity index (χ0n) is 16.9. The van der Waals surface area contributed by atoms with Crippen molar-refractivity contribution >= 4 is 38.6 Å². The number of sulfonamides is 1. The predicted molar refractivity (Wildman–Crippen MR) is 112 cm³/mol. The first-order chi connectivity index (χ1) is 14.8. The molecule has 1 aromatic heterocycles. The molecule has 31 heavy (non-hydrogen) atoms. The fourth-order valence-corrected chi connectivity index (χ4v) is 4.22. The van der Waals surface area contributed by atoms with Crippen molar-refractivity contribution in [2.24, 2.45) is 0 Å². The monoisotopic (exact) mass is 448 g/mol. The maximum atomic E-state index is 13.9. The molecule has 0 unspecified atom stereocenters. The molecule has 0 fully saturated rings. The number of carbonyl (C=O) groups excluding carboxylic acids is 2. The molecular formula is C21H21FN2O6S. The predicted octanol–water partition coefficient (Wildman–Crippen LogP) is 3.32. The van der Waals surface area contributed by atoms with E-state index in [4.69, 9.17) is 9.47 Å². The van der Waals surface area contributed by atoms with Crippen LogP contribution in [0.3, 0.4) is 0 Å². The number of ether oxygens (including phenoxy) is 2. The van der Waals surface area contributed by atoms with E-state index in [0.29, 0.717) is 10.9 Å². The molecule has 0 saturated heterocycles. The highest BCUT2D eigenvalue weighted by molar-refractivity contribution is 7.92. The van der Waals surface area contributed by atoms with E-state index in [0.717, 1.165) is 12.1 Å². The molecule has 0 bridgehead atoms. The molecule has 1 heterocycles. The van der Waals surface area contributed by atoms with Crippen molar-refractivity contribution in [3.8, 4) is 0 Å². The standard InChI is InChI=1S/C21H21FN2O6S/c1-3-29-20(25)13-24-17-10-9-15(11-14(17)12-18(24)21(26)30-4-2)23-31(27,28)19-8-6-5-7-16(19)22/h5-12,23H,3-4,13H2,1-2H3. The van der Waals surface area contributed by atoms with E-state index < -0.39 is 32.7 Å². The van der Waals surface area contributed by atoms with Crippen molar-refractivity contribution in [3.63, 3.8) is 0 Å². The third kappa shape index (κ3) is 4.85. The first kappa shape index (κ1) is 22.3. The second kappa shape index (κ2) is 9.17. The molecule has 3 rings (SSSR count). The number of hydrogen-bond acceptors (Lipinski definition) is 6. The Labute approximate surface area is 178 Å². The number of nitrogens with zero attached hydrogens (tertiary/aromatic N) is 1. The molecule has 1 N–H and O–H groups in total. The van der Waals surface area contributed by atoms with Crippen molar-refractivity contribution in [3.05, 3.63) is 60.0 Å². The maximum absolute atomic E-state index is 13.9. The van der Waals surface area contributed by atoms with Crippen LogP contribution in [0.2, 0.25) is 0 Å². The molecule has 0 amide bonds. The number of aromatic nitrogens is 1. The molecule has 0 aliphatic heterocycles. The molecule has 2 aromatic carbocycles. The first-order valence-electron chi connectivity index (χ1n) is 9.50. The second-order valence-electron chi connectivity index (χ2n) is 6.45. The van der Waals surface area contributed by atoms with Gasteiger partial charge >= 0.3 is 11.9 Å². The minimum absolute atomic E-state index is 0.124. The van der Waals surface area contributed by atoms with Gasteiger partial charge in [0, 0.05) is 16.6 Å². The van der Waals surface area contributed by atoms with Crippen LogP contribution in [0.4, 0.5) is 10.1 Å². The Kier molecular flexibility index (Phi) is 6.59. The van der Waals surface area contributed by atoms with Crippen LogP contribution in [0.5, 0.6) is 0 Å². The summed E-state index contributed by atoms with van der Waals surface area (Å²) in [4.78, 5) is 23.9. The lowest BCUT2D eigenvalue weighted by atomic mass is 10.2. The smallest absolute Gasteiger partial charge is 0.354 e. The average molecular weight is 448 g/mol. The molecule has 0 spiro atoms.